The molecular formula is C14H30O3. The second kappa shape index (κ2) is 11.0. The summed E-state index contributed by atoms with van der Waals surface area (Å²) in [5, 5.41) is 29.1. The number of aliphatic hydroxyl groups excluding tert-OH is 3. The van der Waals surface area contributed by atoms with Gasteiger partial charge in [-0.05, 0) is 25.7 Å². The van der Waals surface area contributed by atoms with Crippen LogP contribution in [0.15, 0.2) is 0 Å². The molecule has 0 bridgehead atoms. The molecule has 0 saturated heterocycles. The zero-order valence-corrected chi connectivity index (χ0v) is 11.4. The summed E-state index contributed by atoms with van der Waals surface area (Å²) in [6.45, 7) is 4.21. The van der Waals surface area contributed by atoms with Crippen LogP contribution < -0.4 is 0 Å². The summed E-state index contributed by atoms with van der Waals surface area (Å²) in [7, 11) is 0. The van der Waals surface area contributed by atoms with Crippen molar-refractivity contribution in [2.75, 3.05) is 0 Å². The SMILES string of the molecule is CCCCC[C@@H](O)[C@@H](O)CCC(O)CCCC. The predicted octanol–water partition coefficient (Wildman–Crippen LogP) is 2.62. The highest BCUT2D eigenvalue weighted by molar-refractivity contribution is 4.69. The fraction of sp³-hybridized carbons (Fsp3) is 1.00. The van der Waals surface area contributed by atoms with Gasteiger partial charge in [0.15, 0.2) is 0 Å². The van der Waals surface area contributed by atoms with Crippen LogP contribution in [-0.2, 0) is 0 Å². The molecule has 104 valence electrons. The van der Waals surface area contributed by atoms with Gasteiger partial charge < -0.3 is 15.3 Å². The first-order valence-corrected chi connectivity index (χ1v) is 7.16. The predicted molar refractivity (Wildman–Crippen MR) is 70.9 cm³/mol. The van der Waals surface area contributed by atoms with E-state index in [1.54, 1.807) is 0 Å². The first-order valence-electron chi connectivity index (χ1n) is 7.16. The largest absolute Gasteiger partial charge is 0.393 e. The minimum atomic E-state index is -0.678. The maximum atomic E-state index is 9.73. The molecule has 3 N–H and O–H groups in total. The number of rotatable bonds is 11. The third-order valence-electron chi connectivity index (χ3n) is 3.23. The number of unbranched alkanes of at least 4 members (excludes halogenated alkanes) is 3. The molecule has 0 rings (SSSR count). The molecule has 3 atom stereocenters. The second-order valence-corrected chi connectivity index (χ2v) is 5.00. The molecule has 0 aromatic rings. The molecule has 0 amide bonds. The zero-order valence-electron chi connectivity index (χ0n) is 11.4. The normalized spacial score (nSPS) is 16.8. The number of hydrogen-bond acceptors (Lipinski definition) is 3. The van der Waals surface area contributed by atoms with Crippen molar-refractivity contribution in [3.63, 3.8) is 0 Å². The van der Waals surface area contributed by atoms with Crippen molar-refractivity contribution in [1.29, 1.82) is 0 Å². The number of hydrogen-bond donors (Lipinski definition) is 3. The molecule has 0 saturated carbocycles. The van der Waals surface area contributed by atoms with E-state index in [1.165, 1.54) is 0 Å². The van der Waals surface area contributed by atoms with E-state index in [9.17, 15) is 15.3 Å². The van der Waals surface area contributed by atoms with Crippen LogP contribution in [0.4, 0.5) is 0 Å². The van der Waals surface area contributed by atoms with Crippen molar-refractivity contribution in [1.82, 2.24) is 0 Å². The molecule has 0 aliphatic rings. The molecule has 17 heavy (non-hydrogen) atoms. The average molecular weight is 246 g/mol. The van der Waals surface area contributed by atoms with Crippen molar-refractivity contribution in [2.24, 2.45) is 0 Å². The Kier molecular flexibility index (Phi) is 10.9. The summed E-state index contributed by atoms with van der Waals surface area (Å²) in [6, 6.07) is 0. The molecule has 3 nitrogen and oxygen atoms in total. The third kappa shape index (κ3) is 9.57. The molecule has 0 aromatic carbocycles. The molecule has 1 unspecified atom stereocenters. The standard InChI is InChI=1S/C14H30O3/c1-3-5-7-9-13(16)14(17)11-10-12(15)8-6-4-2/h12-17H,3-11H2,1-2H3/t12?,13-,14+/m1/s1. The van der Waals surface area contributed by atoms with E-state index in [-0.39, 0.29) is 6.10 Å². The lowest BCUT2D eigenvalue weighted by Gasteiger charge is -2.19. The molecule has 3 heteroatoms. The zero-order chi connectivity index (χ0) is 13.1. The quantitative estimate of drug-likeness (QED) is 0.491. The summed E-state index contributed by atoms with van der Waals surface area (Å²) in [5.41, 5.74) is 0. The molecule has 0 radical (unpaired) electrons. The van der Waals surface area contributed by atoms with Crippen LogP contribution >= 0.6 is 0 Å². The molecule has 0 heterocycles. The van der Waals surface area contributed by atoms with Crippen LogP contribution in [0.3, 0.4) is 0 Å². The van der Waals surface area contributed by atoms with E-state index in [0.29, 0.717) is 19.3 Å². The Labute approximate surface area is 106 Å². The third-order valence-corrected chi connectivity index (χ3v) is 3.23. The Morgan fingerprint density at radius 3 is 1.82 bits per heavy atom. The fourth-order valence-electron chi connectivity index (χ4n) is 1.94. The minimum absolute atomic E-state index is 0.326. The van der Waals surface area contributed by atoms with Crippen LogP contribution in [0.25, 0.3) is 0 Å². The Bertz CT molecular complexity index is 162. The molecule has 0 fully saturated rings. The van der Waals surface area contributed by atoms with E-state index in [2.05, 4.69) is 13.8 Å². The minimum Gasteiger partial charge on any atom is -0.393 e. The van der Waals surface area contributed by atoms with Crippen LogP contribution in [0.2, 0.25) is 0 Å². The van der Waals surface area contributed by atoms with Crippen LogP contribution in [0, 0.1) is 0 Å². The highest BCUT2D eigenvalue weighted by Crippen LogP contribution is 2.14. The summed E-state index contributed by atoms with van der Waals surface area (Å²) in [5.74, 6) is 0. The van der Waals surface area contributed by atoms with Gasteiger partial charge in [-0.15, -0.1) is 0 Å². The second-order valence-electron chi connectivity index (χ2n) is 5.00. The summed E-state index contributed by atoms with van der Waals surface area (Å²) in [4.78, 5) is 0. The van der Waals surface area contributed by atoms with Crippen LogP contribution in [0.5, 0.6) is 0 Å². The molecule has 0 aliphatic carbocycles. The van der Waals surface area contributed by atoms with Crippen molar-refractivity contribution >= 4 is 0 Å². The molecular weight excluding hydrogens is 216 g/mol. The Hall–Kier alpha value is -0.120. The lowest BCUT2D eigenvalue weighted by molar-refractivity contribution is -0.000357. The van der Waals surface area contributed by atoms with Gasteiger partial charge in [0.05, 0.1) is 18.3 Å². The van der Waals surface area contributed by atoms with E-state index < -0.39 is 12.2 Å². The van der Waals surface area contributed by atoms with Crippen LogP contribution in [0.1, 0.15) is 71.6 Å². The van der Waals surface area contributed by atoms with E-state index in [0.717, 1.165) is 38.5 Å². The van der Waals surface area contributed by atoms with Gasteiger partial charge in [0.1, 0.15) is 0 Å². The van der Waals surface area contributed by atoms with Gasteiger partial charge in [-0.25, -0.2) is 0 Å². The monoisotopic (exact) mass is 246 g/mol. The Balaban J connectivity index is 3.58. The molecule has 0 spiro atoms. The summed E-state index contributed by atoms with van der Waals surface area (Å²) >= 11 is 0. The fourth-order valence-corrected chi connectivity index (χ4v) is 1.94. The topological polar surface area (TPSA) is 60.7 Å². The average Bonchev–Trinajstić information content (AvgIpc) is 2.33. The molecule has 0 aromatic heterocycles. The van der Waals surface area contributed by atoms with E-state index in [1.807, 2.05) is 0 Å². The summed E-state index contributed by atoms with van der Waals surface area (Å²) in [6.07, 6.45) is 6.22. The Morgan fingerprint density at radius 2 is 1.24 bits per heavy atom. The lowest BCUT2D eigenvalue weighted by Crippen LogP contribution is -2.27. The van der Waals surface area contributed by atoms with Gasteiger partial charge in [0.25, 0.3) is 0 Å². The van der Waals surface area contributed by atoms with Gasteiger partial charge in [0, 0.05) is 0 Å². The van der Waals surface area contributed by atoms with Crippen molar-refractivity contribution in [2.45, 2.75) is 89.9 Å². The van der Waals surface area contributed by atoms with Gasteiger partial charge in [0.2, 0.25) is 0 Å². The highest BCUT2D eigenvalue weighted by atomic mass is 16.3. The smallest absolute Gasteiger partial charge is 0.0800 e. The van der Waals surface area contributed by atoms with Crippen molar-refractivity contribution < 1.29 is 15.3 Å². The Morgan fingerprint density at radius 1 is 0.647 bits per heavy atom. The van der Waals surface area contributed by atoms with Crippen molar-refractivity contribution in [3.8, 4) is 0 Å². The lowest BCUT2D eigenvalue weighted by atomic mass is 9.99. The van der Waals surface area contributed by atoms with E-state index in [4.69, 9.17) is 0 Å². The highest BCUT2D eigenvalue weighted by Gasteiger charge is 2.17. The van der Waals surface area contributed by atoms with Crippen molar-refractivity contribution in [3.05, 3.63) is 0 Å². The maximum Gasteiger partial charge on any atom is 0.0800 e. The number of aliphatic hydroxyl groups is 3. The molecule has 0 aliphatic heterocycles. The maximum absolute atomic E-state index is 9.73. The van der Waals surface area contributed by atoms with Gasteiger partial charge >= 0.3 is 0 Å². The first-order chi connectivity index (χ1) is 8.11. The van der Waals surface area contributed by atoms with Gasteiger partial charge in [-0.3, -0.25) is 0 Å². The first kappa shape index (κ1) is 16.9. The summed E-state index contributed by atoms with van der Waals surface area (Å²) < 4.78 is 0. The van der Waals surface area contributed by atoms with Gasteiger partial charge in [-0.2, -0.15) is 0 Å². The van der Waals surface area contributed by atoms with E-state index >= 15 is 0 Å². The van der Waals surface area contributed by atoms with Gasteiger partial charge in [-0.1, -0.05) is 46.0 Å². The van der Waals surface area contributed by atoms with Crippen LogP contribution in [-0.4, -0.2) is 33.6 Å².